The molecule has 1 saturated heterocycles. The zero-order valence-corrected chi connectivity index (χ0v) is 18.6. The molecule has 0 spiro atoms. The highest BCUT2D eigenvalue weighted by Gasteiger charge is 2.26. The third kappa shape index (κ3) is 4.33. The molecule has 0 saturated carbocycles. The van der Waals surface area contributed by atoms with Crippen LogP contribution >= 0.6 is 12.2 Å². The van der Waals surface area contributed by atoms with Crippen LogP contribution in [-0.4, -0.2) is 47.8 Å². The van der Waals surface area contributed by atoms with Crippen molar-refractivity contribution in [3.63, 3.8) is 0 Å². The first-order chi connectivity index (χ1) is 14.6. The number of imidazole rings is 1. The molecule has 158 valence electrons. The van der Waals surface area contributed by atoms with E-state index in [0.29, 0.717) is 6.54 Å². The number of nitrogens with one attached hydrogen (secondary N) is 3. The lowest BCUT2D eigenvalue weighted by atomic mass is 10.1. The molecule has 1 aromatic heterocycles. The van der Waals surface area contributed by atoms with Gasteiger partial charge in [0, 0.05) is 12.7 Å². The van der Waals surface area contributed by atoms with Crippen molar-refractivity contribution < 1.29 is 14.6 Å². The molecule has 1 amide bonds. The molecule has 1 fully saturated rings. The summed E-state index contributed by atoms with van der Waals surface area (Å²) in [6, 6.07) is 16.4. The fourth-order valence-corrected chi connectivity index (χ4v) is 4.66. The number of carbonyl (C=O) groups is 1. The van der Waals surface area contributed by atoms with Crippen molar-refractivity contribution in [2.45, 2.75) is 20.0 Å². The van der Waals surface area contributed by atoms with Gasteiger partial charge in [0.25, 0.3) is 5.91 Å². The zero-order valence-electron chi connectivity index (χ0n) is 17.8. The maximum absolute atomic E-state index is 12.6. The van der Waals surface area contributed by atoms with Crippen molar-refractivity contribution in [3.05, 3.63) is 58.9 Å². The number of benzene rings is 2. The number of hydrogen-bond donors (Lipinski definition) is 3. The van der Waals surface area contributed by atoms with Crippen LogP contribution < -0.4 is 15.1 Å². The van der Waals surface area contributed by atoms with Gasteiger partial charge in [-0.3, -0.25) is 9.36 Å². The Kier molecular flexibility index (Phi) is 6.32. The molecule has 30 heavy (non-hydrogen) atoms. The molecule has 3 aromatic rings. The molecule has 4 rings (SSSR count). The molecular weight excluding hydrogens is 394 g/mol. The summed E-state index contributed by atoms with van der Waals surface area (Å²) in [7, 11) is 2.04. The molecule has 0 radical (unpaired) electrons. The summed E-state index contributed by atoms with van der Waals surface area (Å²) in [6.07, 6.45) is 0.919. The van der Waals surface area contributed by atoms with Gasteiger partial charge in [0.2, 0.25) is 0 Å². The average molecular weight is 426 g/mol. The Labute approximate surface area is 182 Å². The van der Waals surface area contributed by atoms with Crippen molar-refractivity contribution in [1.82, 2.24) is 9.13 Å². The molecule has 3 N–H and O–H groups in total. The number of hydrogen-bond acceptors (Lipinski definition) is 2. The van der Waals surface area contributed by atoms with Gasteiger partial charge in [-0.1, -0.05) is 37.3 Å². The maximum Gasteiger partial charge on any atom is 0.279 e. The Hall–Kier alpha value is -2.48. The monoisotopic (exact) mass is 425 g/mol. The smallest absolute Gasteiger partial charge is 0.279 e. The molecule has 1 aliphatic rings. The average Bonchev–Trinajstić information content (AvgIpc) is 3.00. The lowest BCUT2D eigenvalue weighted by Gasteiger charge is -2.29. The van der Waals surface area contributed by atoms with Gasteiger partial charge in [-0.15, -0.1) is 0 Å². The summed E-state index contributed by atoms with van der Waals surface area (Å²) in [4.78, 5) is 15.4. The second kappa shape index (κ2) is 9.12. The minimum absolute atomic E-state index is 0.102. The number of piperazine rings is 1. The van der Waals surface area contributed by atoms with Crippen molar-refractivity contribution in [3.8, 4) is 0 Å². The standard InChI is InChI=1S/C23H29N5OS/c1-3-18-8-4-5-9-19(18)24-22(29)16-26-12-14-27(15-13-26)17-28-21-11-7-6-10-20(21)25(2)23(28)30/h4-11H,3,12-17H2,1-2H3,(H,24,29)/p+2. The number of carbonyl (C=O) groups excluding carboxylic acids is 1. The molecule has 2 aromatic carbocycles. The fourth-order valence-electron chi connectivity index (χ4n) is 4.40. The van der Waals surface area contributed by atoms with E-state index >= 15 is 0 Å². The highest BCUT2D eigenvalue weighted by molar-refractivity contribution is 7.71. The number of nitrogens with zero attached hydrogens (tertiary/aromatic N) is 2. The van der Waals surface area contributed by atoms with E-state index in [1.807, 2.05) is 25.2 Å². The summed E-state index contributed by atoms with van der Waals surface area (Å²) >= 11 is 5.68. The normalized spacial score (nSPS) is 19.1. The molecule has 0 bridgehead atoms. The Bertz CT molecular complexity index is 1090. The van der Waals surface area contributed by atoms with E-state index in [-0.39, 0.29) is 5.91 Å². The first-order valence-corrected chi connectivity index (χ1v) is 11.2. The second-order valence-electron chi connectivity index (χ2n) is 8.15. The first kappa shape index (κ1) is 20.8. The van der Waals surface area contributed by atoms with E-state index in [4.69, 9.17) is 12.2 Å². The maximum atomic E-state index is 12.6. The van der Waals surface area contributed by atoms with E-state index in [9.17, 15) is 4.79 Å². The van der Waals surface area contributed by atoms with Crippen LogP contribution in [0.3, 0.4) is 0 Å². The molecular formula is C23H31N5OS+2. The zero-order chi connectivity index (χ0) is 21.1. The topological polar surface area (TPSA) is 47.8 Å². The van der Waals surface area contributed by atoms with Crippen molar-refractivity contribution in [1.29, 1.82) is 0 Å². The number of amides is 1. The molecule has 7 heteroatoms. The Morgan fingerprint density at radius 3 is 2.37 bits per heavy atom. The molecule has 0 atom stereocenters. The molecule has 2 heterocycles. The lowest BCUT2D eigenvalue weighted by Crippen LogP contribution is -3.28. The molecule has 6 nitrogen and oxygen atoms in total. The highest BCUT2D eigenvalue weighted by atomic mass is 32.1. The minimum atomic E-state index is 0.102. The Balaban J connectivity index is 1.33. The summed E-state index contributed by atoms with van der Waals surface area (Å²) in [5.74, 6) is 0.102. The van der Waals surface area contributed by atoms with Gasteiger partial charge >= 0.3 is 0 Å². The number of aromatic nitrogens is 2. The quantitative estimate of drug-likeness (QED) is 0.508. The van der Waals surface area contributed by atoms with Crippen molar-refractivity contribution >= 4 is 34.8 Å². The first-order valence-electron chi connectivity index (χ1n) is 10.8. The predicted octanol–water partition coefficient (Wildman–Crippen LogP) is 0.651. The molecule has 1 aliphatic heterocycles. The third-order valence-electron chi connectivity index (χ3n) is 6.18. The summed E-state index contributed by atoms with van der Waals surface area (Å²) in [6.45, 7) is 7.59. The van der Waals surface area contributed by atoms with E-state index < -0.39 is 0 Å². The van der Waals surface area contributed by atoms with Crippen LogP contribution in [0.1, 0.15) is 12.5 Å². The third-order valence-corrected chi connectivity index (χ3v) is 6.67. The van der Waals surface area contributed by atoms with Crippen molar-refractivity contribution in [2.24, 2.45) is 7.05 Å². The number of anilines is 1. The van der Waals surface area contributed by atoms with Gasteiger partial charge in [-0.05, 0) is 42.4 Å². The van der Waals surface area contributed by atoms with Gasteiger partial charge < -0.3 is 19.7 Å². The fraction of sp³-hybridized carbons (Fsp3) is 0.391. The van der Waals surface area contributed by atoms with Gasteiger partial charge in [-0.2, -0.15) is 0 Å². The number of para-hydroxylation sites is 3. The molecule has 0 aliphatic carbocycles. The SMILES string of the molecule is CCc1ccccc1NC(=O)C[NH+]1CC[NH+](Cn2c(=S)n(C)c3ccccc32)CC1. The molecule has 0 unspecified atom stereocenters. The number of aryl methyl sites for hydroxylation is 2. The second-order valence-corrected chi connectivity index (χ2v) is 8.52. The van der Waals surface area contributed by atoms with Crippen LogP contribution in [0.5, 0.6) is 0 Å². The van der Waals surface area contributed by atoms with Gasteiger partial charge in [0.05, 0.1) is 11.0 Å². The predicted molar refractivity (Wildman–Crippen MR) is 122 cm³/mol. The van der Waals surface area contributed by atoms with Crippen LogP contribution in [0.2, 0.25) is 0 Å². The van der Waals surface area contributed by atoms with Gasteiger partial charge in [0.15, 0.2) is 18.0 Å². The summed E-state index contributed by atoms with van der Waals surface area (Å²) < 4.78 is 5.20. The largest absolute Gasteiger partial charge is 0.321 e. The summed E-state index contributed by atoms with van der Waals surface area (Å²) in [5, 5.41) is 3.10. The van der Waals surface area contributed by atoms with E-state index in [2.05, 4.69) is 51.7 Å². The van der Waals surface area contributed by atoms with Crippen LogP contribution in [0.25, 0.3) is 11.0 Å². The van der Waals surface area contributed by atoms with Gasteiger partial charge in [-0.25, -0.2) is 0 Å². The lowest BCUT2D eigenvalue weighted by molar-refractivity contribution is -1.02. The van der Waals surface area contributed by atoms with Crippen LogP contribution in [0.15, 0.2) is 48.5 Å². The minimum Gasteiger partial charge on any atom is -0.321 e. The van der Waals surface area contributed by atoms with E-state index in [0.717, 1.165) is 49.7 Å². The Morgan fingerprint density at radius 2 is 1.63 bits per heavy atom. The van der Waals surface area contributed by atoms with Crippen molar-refractivity contribution in [2.75, 3.05) is 38.0 Å². The number of fused-ring (bicyclic) bond motifs is 1. The Morgan fingerprint density at radius 1 is 1.00 bits per heavy atom. The van der Waals surface area contributed by atoms with Gasteiger partial charge in [0.1, 0.15) is 26.2 Å². The van der Waals surface area contributed by atoms with Crippen LogP contribution in [0, 0.1) is 4.77 Å². The number of rotatable bonds is 6. The number of quaternary nitrogens is 2. The van der Waals surface area contributed by atoms with E-state index in [1.54, 1.807) is 0 Å². The van der Waals surface area contributed by atoms with E-state index in [1.165, 1.54) is 26.4 Å². The highest BCUT2D eigenvalue weighted by Crippen LogP contribution is 2.16. The van der Waals surface area contributed by atoms with Crippen LogP contribution in [-0.2, 0) is 24.9 Å². The van der Waals surface area contributed by atoms with Crippen LogP contribution in [0.4, 0.5) is 5.69 Å². The summed E-state index contributed by atoms with van der Waals surface area (Å²) in [5.41, 5.74) is 4.50.